The van der Waals surface area contributed by atoms with Crippen molar-refractivity contribution in [2.45, 2.75) is 6.42 Å². The van der Waals surface area contributed by atoms with Gasteiger partial charge in [0.05, 0.1) is 0 Å². The molecule has 0 saturated heterocycles. The van der Waals surface area contributed by atoms with Gasteiger partial charge in [-0.3, -0.25) is 4.98 Å². The summed E-state index contributed by atoms with van der Waals surface area (Å²) in [6.45, 7) is 0. The van der Waals surface area contributed by atoms with Crippen LogP contribution in [0.1, 0.15) is 12.0 Å². The van der Waals surface area contributed by atoms with Crippen molar-refractivity contribution < 1.29 is 0 Å². The number of pyridine rings is 1. The van der Waals surface area contributed by atoms with E-state index >= 15 is 0 Å². The summed E-state index contributed by atoms with van der Waals surface area (Å²) in [7, 11) is 0. The van der Waals surface area contributed by atoms with Crippen molar-refractivity contribution in [2.24, 2.45) is 0 Å². The zero-order valence-electron chi connectivity index (χ0n) is 8.36. The largest absolute Gasteiger partial charge is 0.264 e. The molecule has 0 radical (unpaired) electrons. The van der Waals surface area contributed by atoms with Crippen LogP contribution in [0.3, 0.4) is 0 Å². The van der Waals surface area contributed by atoms with Gasteiger partial charge in [-0.2, -0.15) is 0 Å². The minimum absolute atomic E-state index is 1.01. The first-order chi connectivity index (χ1) is 7.42. The van der Waals surface area contributed by atoms with Gasteiger partial charge in [0.1, 0.15) is 0 Å². The summed E-state index contributed by atoms with van der Waals surface area (Å²) in [6, 6.07) is 8.35. The first-order valence-corrected chi connectivity index (χ1v) is 6.09. The normalized spacial score (nSPS) is 11.3. The fraction of sp³-hybridized carbons (Fsp3) is 0.154. The zero-order valence-corrected chi connectivity index (χ0v) is 9.94. The topological polar surface area (TPSA) is 12.9 Å². The van der Waals surface area contributed by atoms with E-state index in [-0.39, 0.29) is 0 Å². The Balaban J connectivity index is 2.42. The van der Waals surface area contributed by atoms with Crippen LogP contribution < -0.4 is 0 Å². The molecule has 0 spiro atoms. The summed E-state index contributed by atoms with van der Waals surface area (Å²) in [5, 5.41) is 3.46. The number of aromatic nitrogens is 1. The minimum atomic E-state index is 1.01. The maximum absolute atomic E-state index is 4.16. The maximum atomic E-state index is 4.16. The minimum Gasteiger partial charge on any atom is -0.264 e. The van der Waals surface area contributed by atoms with E-state index in [4.69, 9.17) is 0 Å². The van der Waals surface area contributed by atoms with Crippen molar-refractivity contribution in [2.75, 3.05) is 5.33 Å². The molecule has 0 aliphatic rings. The summed E-state index contributed by atoms with van der Waals surface area (Å²) < 4.78 is 0. The molecule has 2 aromatic rings. The molecule has 0 aliphatic carbocycles. The first-order valence-electron chi connectivity index (χ1n) is 4.97. The lowest BCUT2D eigenvalue weighted by molar-refractivity contribution is 1.27. The van der Waals surface area contributed by atoms with E-state index in [1.165, 1.54) is 16.3 Å². The number of rotatable bonds is 3. The molecule has 0 atom stereocenters. The quantitative estimate of drug-likeness (QED) is 0.761. The van der Waals surface area contributed by atoms with Gasteiger partial charge in [-0.25, -0.2) is 0 Å². The SMILES string of the molecule is BrCCC=Cc1cccc2ccncc12. The predicted molar refractivity (Wildman–Crippen MR) is 69.2 cm³/mol. The third-order valence-corrected chi connectivity index (χ3v) is 2.75. The first kappa shape index (κ1) is 10.4. The molecular weight excluding hydrogens is 250 g/mol. The lowest BCUT2D eigenvalue weighted by Gasteiger charge is -2.00. The van der Waals surface area contributed by atoms with Gasteiger partial charge in [0, 0.05) is 23.1 Å². The van der Waals surface area contributed by atoms with Crippen LogP contribution in [0.2, 0.25) is 0 Å². The van der Waals surface area contributed by atoms with Gasteiger partial charge in [0.25, 0.3) is 0 Å². The molecule has 1 heterocycles. The Labute approximate surface area is 98.0 Å². The highest BCUT2D eigenvalue weighted by atomic mass is 79.9. The smallest absolute Gasteiger partial charge is 0.0352 e. The number of hydrogen-bond acceptors (Lipinski definition) is 1. The lowest BCUT2D eigenvalue weighted by atomic mass is 10.1. The molecule has 0 fully saturated rings. The van der Waals surface area contributed by atoms with Crippen LogP contribution in [-0.4, -0.2) is 10.3 Å². The number of nitrogens with zero attached hydrogens (tertiary/aromatic N) is 1. The second-order valence-corrected chi connectivity index (χ2v) is 4.12. The molecular formula is C13H12BrN. The van der Waals surface area contributed by atoms with Crippen LogP contribution in [0.25, 0.3) is 16.8 Å². The fourth-order valence-corrected chi connectivity index (χ4v) is 1.82. The van der Waals surface area contributed by atoms with Gasteiger partial charge in [-0.15, -0.1) is 0 Å². The average Bonchev–Trinajstić information content (AvgIpc) is 2.30. The highest BCUT2D eigenvalue weighted by molar-refractivity contribution is 9.09. The van der Waals surface area contributed by atoms with Crippen molar-refractivity contribution in [3.63, 3.8) is 0 Å². The molecule has 0 unspecified atom stereocenters. The van der Waals surface area contributed by atoms with Crippen molar-refractivity contribution in [3.05, 3.63) is 48.3 Å². The molecule has 2 rings (SSSR count). The Bertz CT molecular complexity index is 471. The summed E-state index contributed by atoms with van der Waals surface area (Å²) in [4.78, 5) is 4.16. The Morgan fingerprint density at radius 2 is 2.20 bits per heavy atom. The Morgan fingerprint density at radius 3 is 3.07 bits per heavy atom. The van der Waals surface area contributed by atoms with Crippen LogP contribution in [-0.2, 0) is 0 Å². The van der Waals surface area contributed by atoms with Crippen LogP contribution in [0.4, 0.5) is 0 Å². The third kappa shape index (κ3) is 2.45. The van der Waals surface area contributed by atoms with Crippen LogP contribution in [0.5, 0.6) is 0 Å². The van der Waals surface area contributed by atoms with E-state index in [0.29, 0.717) is 0 Å². The summed E-state index contributed by atoms with van der Waals surface area (Å²) in [6.07, 6.45) is 9.13. The van der Waals surface area contributed by atoms with E-state index in [1.807, 2.05) is 18.5 Å². The molecule has 0 N–H and O–H groups in total. The fourth-order valence-electron chi connectivity index (χ4n) is 1.56. The van der Waals surface area contributed by atoms with Crippen LogP contribution in [0.15, 0.2) is 42.7 Å². The standard InChI is InChI=1S/C13H12BrN/c14-8-2-1-4-11-5-3-6-12-7-9-15-10-13(11)12/h1,3-7,9-10H,2,8H2. The highest BCUT2D eigenvalue weighted by Crippen LogP contribution is 2.18. The highest BCUT2D eigenvalue weighted by Gasteiger charge is 1.95. The second-order valence-electron chi connectivity index (χ2n) is 3.32. The van der Waals surface area contributed by atoms with E-state index in [9.17, 15) is 0 Å². The zero-order chi connectivity index (χ0) is 10.5. The summed E-state index contributed by atoms with van der Waals surface area (Å²) >= 11 is 3.41. The molecule has 0 aliphatic heterocycles. The molecule has 2 heteroatoms. The average molecular weight is 262 g/mol. The molecule has 0 amide bonds. The van der Waals surface area contributed by atoms with Gasteiger partial charge in [0.15, 0.2) is 0 Å². The Morgan fingerprint density at radius 1 is 1.27 bits per heavy atom. The van der Waals surface area contributed by atoms with Gasteiger partial charge >= 0.3 is 0 Å². The van der Waals surface area contributed by atoms with Crippen LogP contribution in [0, 0.1) is 0 Å². The molecule has 15 heavy (non-hydrogen) atoms. The third-order valence-electron chi connectivity index (χ3n) is 2.29. The Kier molecular flexibility index (Phi) is 3.51. The summed E-state index contributed by atoms with van der Waals surface area (Å²) in [5.41, 5.74) is 1.24. The number of allylic oxidation sites excluding steroid dienone is 1. The van der Waals surface area contributed by atoms with Crippen LogP contribution >= 0.6 is 15.9 Å². The maximum Gasteiger partial charge on any atom is 0.0352 e. The van der Waals surface area contributed by atoms with E-state index < -0.39 is 0 Å². The van der Waals surface area contributed by atoms with Crippen molar-refractivity contribution in [3.8, 4) is 0 Å². The molecule has 1 nitrogen and oxygen atoms in total. The number of fused-ring (bicyclic) bond motifs is 1. The number of alkyl halides is 1. The van der Waals surface area contributed by atoms with Gasteiger partial charge < -0.3 is 0 Å². The van der Waals surface area contributed by atoms with Crippen molar-refractivity contribution >= 4 is 32.8 Å². The van der Waals surface area contributed by atoms with Gasteiger partial charge in [-0.1, -0.05) is 46.3 Å². The molecule has 0 bridgehead atoms. The number of benzene rings is 1. The van der Waals surface area contributed by atoms with E-state index in [0.717, 1.165) is 11.8 Å². The Hall–Kier alpha value is -1.15. The van der Waals surface area contributed by atoms with E-state index in [1.54, 1.807) is 0 Å². The molecule has 76 valence electrons. The van der Waals surface area contributed by atoms with Crippen molar-refractivity contribution in [1.82, 2.24) is 4.98 Å². The molecule has 1 aromatic carbocycles. The number of hydrogen-bond donors (Lipinski definition) is 0. The van der Waals surface area contributed by atoms with E-state index in [2.05, 4.69) is 51.3 Å². The molecule has 1 aromatic heterocycles. The summed E-state index contributed by atoms with van der Waals surface area (Å²) in [5.74, 6) is 0. The second kappa shape index (κ2) is 5.08. The van der Waals surface area contributed by atoms with Gasteiger partial charge in [0.2, 0.25) is 0 Å². The monoisotopic (exact) mass is 261 g/mol. The van der Waals surface area contributed by atoms with Crippen molar-refractivity contribution in [1.29, 1.82) is 0 Å². The number of halogens is 1. The lowest BCUT2D eigenvalue weighted by Crippen LogP contribution is -1.79. The van der Waals surface area contributed by atoms with Gasteiger partial charge in [-0.05, 0) is 23.4 Å². The predicted octanol–water partition coefficient (Wildman–Crippen LogP) is 4.03. The molecule has 0 saturated carbocycles.